The second-order valence-corrected chi connectivity index (χ2v) is 9.33. The Kier molecular flexibility index (Phi) is 5.08. The Morgan fingerprint density at radius 1 is 1.13 bits per heavy atom. The van der Waals surface area contributed by atoms with Gasteiger partial charge >= 0.3 is 0 Å². The van der Waals surface area contributed by atoms with Gasteiger partial charge in [-0.2, -0.15) is 0 Å². The maximum atomic E-state index is 13.9. The van der Waals surface area contributed by atoms with Crippen LogP contribution in [0.25, 0.3) is 0 Å². The molecule has 31 heavy (non-hydrogen) atoms. The third-order valence-corrected chi connectivity index (χ3v) is 7.27. The largest absolute Gasteiger partial charge is 0.347 e. The Bertz CT molecular complexity index is 970. The van der Waals surface area contributed by atoms with Crippen molar-refractivity contribution in [1.29, 1.82) is 0 Å². The Labute approximate surface area is 183 Å². The fourth-order valence-corrected chi connectivity index (χ4v) is 5.12. The van der Waals surface area contributed by atoms with Crippen LogP contribution < -0.4 is 4.90 Å². The molecule has 0 aromatic carbocycles. The summed E-state index contributed by atoms with van der Waals surface area (Å²) in [5, 5.41) is 0. The van der Waals surface area contributed by atoms with E-state index >= 15 is 0 Å². The Balaban J connectivity index is 1.38. The Hall–Kier alpha value is -2.67. The first kappa shape index (κ1) is 20.2. The fraction of sp³-hybridized carbons (Fsp3) is 0.542. The van der Waals surface area contributed by atoms with Crippen molar-refractivity contribution in [1.82, 2.24) is 19.4 Å². The lowest BCUT2D eigenvalue weighted by atomic mass is 9.81. The number of piperidine rings is 1. The highest BCUT2D eigenvalue weighted by molar-refractivity contribution is 6.01. The summed E-state index contributed by atoms with van der Waals surface area (Å²) in [6, 6.07) is 7.73. The van der Waals surface area contributed by atoms with Gasteiger partial charge in [0.15, 0.2) is 0 Å². The SMILES string of the molecule is Cc1ccc(N2CCN(CC3CC3)C3(CCN(C(=O)c4cccn4C)CC3)C2=O)cn1. The summed E-state index contributed by atoms with van der Waals surface area (Å²) in [4.78, 5) is 37.6. The standard InChI is InChI=1S/C24H31N5O2/c1-18-5-8-20(16-25-18)29-15-14-28(17-19-6-7-19)24(23(29)31)9-12-27(13-10-24)22(30)21-4-3-11-26(21)2/h3-5,8,11,16,19H,6-7,9-10,12-15,17H2,1-2H3. The molecule has 2 aromatic rings. The first-order chi connectivity index (χ1) is 15.0. The van der Waals surface area contributed by atoms with Gasteiger partial charge in [-0.25, -0.2) is 0 Å². The van der Waals surface area contributed by atoms with E-state index < -0.39 is 5.54 Å². The van der Waals surface area contributed by atoms with Gasteiger partial charge in [0.2, 0.25) is 5.91 Å². The summed E-state index contributed by atoms with van der Waals surface area (Å²) in [5.41, 5.74) is 2.01. The molecule has 2 saturated heterocycles. The van der Waals surface area contributed by atoms with Crippen molar-refractivity contribution in [3.05, 3.63) is 48.0 Å². The van der Waals surface area contributed by atoms with Crippen molar-refractivity contribution >= 4 is 17.5 Å². The highest BCUT2D eigenvalue weighted by atomic mass is 16.2. The first-order valence-electron chi connectivity index (χ1n) is 11.4. The summed E-state index contributed by atoms with van der Waals surface area (Å²) in [5.74, 6) is 0.954. The van der Waals surface area contributed by atoms with Crippen LogP contribution in [0.1, 0.15) is 41.9 Å². The lowest BCUT2D eigenvalue weighted by Crippen LogP contribution is -2.69. The number of anilines is 1. The van der Waals surface area contributed by atoms with Crippen LogP contribution in [-0.2, 0) is 11.8 Å². The summed E-state index contributed by atoms with van der Waals surface area (Å²) < 4.78 is 1.87. The maximum Gasteiger partial charge on any atom is 0.270 e. The lowest BCUT2D eigenvalue weighted by molar-refractivity contribution is -0.137. The van der Waals surface area contributed by atoms with Gasteiger partial charge < -0.3 is 14.4 Å². The highest BCUT2D eigenvalue weighted by Crippen LogP contribution is 2.39. The van der Waals surface area contributed by atoms with E-state index in [1.54, 1.807) is 0 Å². The molecule has 3 aliphatic rings. The number of carbonyl (C=O) groups is 2. The number of piperazine rings is 1. The number of hydrogen-bond acceptors (Lipinski definition) is 4. The van der Waals surface area contributed by atoms with Gasteiger partial charge in [0.25, 0.3) is 5.91 Å². The van der Waals surface area contributed by atoms with Gasteiger partial charge in [0, 0.05) is 51.7 Å². The van der Waals surface area contributed by atoms with Crippen molar-refractivity contribution in [3.63, 3.8) is 0 Å². The number of rotatable bonds is 4. The van der Waals surface area contributed by atoms with E-state index in [9.17, 15) is 9.59 Å². The molecule has 2 aliphatic heterocycles. The maximum absolute atomic E-state index is 13.9. The van der Waals surface area contributed by atoms with Crippen molar-refractivity contribution in [2.75, 3.05) is 37.6 Å². The number of amides is 2. The lowest BCUT2D eigenvalue weighted by Gasteiger charge is -2.53. The number of aryl methyl sites for hydroxylation is 2. The molecule has 1 spiro atoms. The molecule has 0 atom stereocenters. The second-order valence-electron chi connectivity index (χ2n) is 9.33. The van der Waals surface area contributed by atoms with E-state index in [1.807, 2.05) is 65.0 Å². The zero-order valence-corrected chi connectivity index (χ0v) is 18.5. The molecule has 2 amide bonds. The molecule has 0 unspecified atom stereocenters. The smallest absolute Gasteiger partial charge is 0.270 e. The molecule has 164 valence electrons. The third-order valence-electron chi connectivity index (χ3n) is 7.27. The number of likely N-dealkylation sites (tertiary alicyclic amines) is 1. The predicted molar refractivity (Wildman–Crippen MR) is 119 cm³/mol. The number of carbonyl (C=O) groups excluding carboxylic acids is 2. The molecule has 7 nitrogen and oxygen atoms in total. The minimum absolute atomic E-state index is 0.0546. The molecule has 7 heteroatoms. The van der Waals surface area contributed by atoms with Gasteiger partial charge in [-0.3, -0.25) is 19.5 Å². The Morgan fingerprint density at radius 3 is 2.52 bits per heavy atom. The van der Waals surface area contributed by atoms with Crippen LogP contribution in [0, 0.1) is 12.8 Å². The molecule has 0 bridgehead atoms. The molecule has 0 N–H and O–H groups in total. The average molecular weight is 422 g/mol. The van der Waals surface area contributed by atoms with E-state index in [0.717, 1.165) is 30.4 Å². The van der Waals surface area contributed by atoms with Crippen LogP contribution in [0.15, 0.2) is 36.7 Å². The molecule has 1 saturated carbocycles. The summed E-state index contributed by atoms with van der Waals surface area (Å²) in [7, 11) is 1.90. The molecule has 3 fully saturated rings. The molecular formula is C24H31N5O2. The number of pyridine rings is 1. The minimum Gasteiger partial charge on any atom is -0.347 e. The van der Waals surface area contributed by atoms with Crippen LogP contribution in [0.5, 0.6) is 0 Å². The average Bonchev–Trinajstić information content (AvgIpc) is 3.50. The van der Waals surface area contributed by atoms with Crippen molar-refractivity contribution in [2.24, 2.45) is 13.0 Å². The molecule has 1 aliphatic carbocycles. The van der Waals surface area contributed by atoms with Gasteiger partial charge in [-0.15, -0.1) is 0 Å². The molecular weight excluding hydrogens is 390 g/mol. The van der Waals surface area contributed by atoms with E-state index in [2.05, 4.69) is 9.88 Å². The van der Waals surface area contributed by atoms with E-state index in [4.69, 9.17) is 0 Å². The topological polar surface area (TPSA) is 61.7 Å². The summed E-state index contributed by atoms with van der Waals surface area (Å²) in [6.45, 7) is 5.75. The number of nitrogens with zero attached hydrogens (tertiary/aromatic N) is 5. The normalized spacial score (nSPS) is 21.7. The molecule has 4 heterocycles. The van der Waals surface area contributed by atoms with Crippen LogP contribution in [-0.4, -0.2) is 69.4 Å². The van der Waals surface area contributed by atoms with Gasteiger partial charge in [-0.1, -0.05) is 0 Å². The van der Waals surface area contributed by atoms with Crippen LogP contribution in [0.2, 0.25) is 0 Å². The fourth-order valence-electron chi connectivity index (χ4n) is 5.12. The first-order valence-corrected chi connectivity index (χ1v) is 11.4. The van der Waals surface area contributed by atoms with E-state index in [1.165, 1.54) is 12.8 Å². The van der Waals surface area contributed by atoms with E-state index in [0.29, 0.717) is 38.2 Å². The van der Waals surface area contributed by atoms with Crippen molar-refractivity contribution < 1.29 is 9.59 Å². The number of aromatic nitrogens is 2. The monoisotopic (exact) mass is 421 g/mol. The van der Waals surface area contributed by atoms with E-state index in [-0.39, 0.29) is 11.8 Å². The number of hydrogen-bond donors (Lipinski definition) is 0. The van der Waals surface area contributed by atoms with Crippen molar-refractivity contribution in [2.45, 2.75) is 38.1 Å². The second kappa shape index (κ2) is 7.79. The molecule has 5 rings (SSSR count). The van der Waals surface area contributed by atoms with Gasteiger partial charge in [-0.05, 0) is 62.8 Å². The molecule has 2 aromatic heterocycles. The third kappa shape index (κ3) is 3.65. The van der Waals surface area contributed by atoms with Crippen LogP contribution in [0.3, 0.4) is 0 Å². The van der Waals surface area contributed by atoms with Crippen molar-refractivity contribution in [3.8, 4) is 0 Å². The minimum atomic E-state index is -0.517. The van der Waals surface area contributed by atoms with Gasteiger partial charge in [0.1, 0.15) is 11.2 Å². The van der Waals surface area contributed by atoms with Crippen LogP contribution >= 0.6 is 0 Å². The summed E-state index contributed by atoms with van der Waals surface area (Å²) >= 11 is 0. The quantitative estimate of drug-likeness (QED) is 0.761. The van der Waals surface area contributed by atoms with Gasteiger partial charge in [0.05, 0.1) is 11.9 Å². The zero-order chi connectivity index (χ0) is 21.6. The summed E-state index contributed by atoms with van der Waals surface area (Å²) in [6.07, 6.45) is 7.61. The molecule has 0 radical (unpaired) electrons. The highest BCUT2D eigenvalue weighted by Gasteiger charge is 2.52. The predicted octanol–water partition coefficient (Wildman–Crippen LogP) is 2.46. The Morgan fingerprint density at radius 2 is 1.90 bits per heavy atom. The van der Waals surface area contributed by atoms with Crippen LogP contribution in [0.4, 0.5) is 5.69 Å². The zero-order valence-electron chi connectivity index (χ0n) is 18.5.